The van der Waals surface area contributed by atoms with Crippen LogP contribution in [0.15, 0.2) is 18.3 Å². The lowest BCUT2D eigenvalue weighted by Gasteiger charge is -2.13. The molecule has 0 bridgehead atoms. The van der Waals surface area contributed by atoms with Gasteiger partial charge in [0.15, 0.2) is 5.82 Å². The Morgan fingerprint density at radius 2 is 1.78 bits per heavy atom. The van der Waals surface area contributed by atoms with E-state index in [1.165, 1.54) is 16.7 Å². The average molecular weight is 314 g/mol. The molecule has 0 spiro atoms. The lowest BCUT2D eigenvalue weighted by Crippen LogP contribution is -2.17. The van der Waals surface area contributed by atoms with Gasteiger partial charge in [-0.25, -0.2) is 0 Å². The summed E-state index contributed by atoms with van der Waals surface area (Å²) in [6.45, 7) is 8.15. The largest absolute Gasteiger partial charge is 0.353 e. The third-order valence-corrected chi connectivity index (χ3v) is 3.55. The van der Waals surface area contributed by atoms with Crippen LogP contribution in [0.25, 0.3) is 0 Å². The molecule has 0 aliphatic heterocycles. The van der Waals surface area contributed by atoms with E-state index < -0.39 is 0 Å². The highest BCUT2D eigenvalue weighted by Crippen LogP contribution is 2.24. The summed E-state index contributed by atoms with van der Waals surface area (Å²) < 4.78 is 0. The molecule has 2 aromatic rings. The van der Waals surface area contributed by atoms with Crippen molar-refractivity contribution in [3.05, 3.63) is 35.0 Å². The van der Waals surface area contributed by atoms with Crippen LogP contribution < -0.4 is 10.6 Å². The quantitative estimate of drug-likeness (QED) is 0.766. The third kappa shape index (κ3) is 5.17. The molecule has 0 aliphatic carbocycles. The maximum atomic E-state index is 4.48. The molecule has 0 fully saturated rings. The molecule has 6 nitrogen and oxygen atoms in total. The molecule has 0 aliphatic rings. The van der Waals surface area contributed by atoms with Crippen molar-refractivity contribution in [2.45, 2.75) is 27.2 Å². The summed E-state index contributed by atoms with van der Waals surface area (Å²) >= 11 is 0. The predicted octanol–water partition coefficient (Wildman–Crippen LogP) is 2.90. The summed E-state index contributed by atoms with van der Waals surface area (Å²) in [5.41, 5.74) is 4.73. The van der Waals surface area contributed by atoms with Crippen molar-refractivity contribution in [3.63, 3.8) is 0 Å². The van der Waals surface area contributed by atoms with Gasteiger partial charge in [-0.05, 0) is 59.0 Å². The second-order valence-corrected chi connectivity index (χ2v) is 6.15. The molecule has 23 heavy (non-hydrogen) atoms. The van der Waals surface area contributed by atoms with Gasteiger partial charge in [0.25, 0.3) is 0 Å². The number of hydrogen-bond acceptors (Lipinski definition) is 6. The highest BCUT2D eigenvalue weighted by Gasteiger charge is 2.06. The SMILES string of the molecule is Cc1cc(C)c(Nc2cnnc(NCCCN(C)C)n2)c(C)c1. The van der Waals surface area contributed by atoms with Gasteiger partial charge in [0.05, 0.1) is 6.20 Å². The van der Waals surface area contributed by atoms with E-state index >= 15 is 0 Å². The zero-order valence-corrected chi connectivity index (χ0v) is 14.6. The minimum atomic E-state index is 0.552. The molecule has 124 valence electrons. The Morgan fingerprint density at radius 1 is 1.09 bits per heavy atom. The summed E-state index contributed by atoms with van der Waals surface area (Å²) in [4.78, 5) is 6.63. The van der Waals surface area contributed by atoms with Crippen LogP contribution in [0.3, 0.4) is 0 Å². The molecule has 1 aromatic heterocycles. The van der Waals surface area contributed by atoms with Gasteiger partial charge in [0.1, 0.15) is 0 Å². The first-order chi connectivity index (χ1) is 11.0. The van der Waals surface area contributed by atoms with E-state index in [4.69, 9.17) is 0 Å². The van der Waals surface area contributed by atoms with E-state index in [1.54, 1.807) is 6.20 Å². The van der Waals surface area contributed by atoms with Gasteiger partial charge < -0.3 is 15.5 Å². The lowest BCUT2D eigenvalue weighted by molar-refractivity contribution is 0.405. The van der Waals surface area contributed by atoms with Crippen LogP contribution in [0.1, 0.15) is 23.1 Å². The number of aryl methyl sites for hydroxylation is 3. The van der Waals surface area contributed by atoms with Crippen LogP contribution in [-0.2, 0) is 0 Å². The van der Waals surface area contributed by atoms with Gasteiger partial charge in [0, 0.05) is 12.2 Å². The zero-order valence-electron chi connectivity index (χ0n) is 14.6. The first-order valence-corrected chi connectivity index (χ1v) is 7.89. The number of nitrogens with one attached hydrogen (secondary N) is 2. The third-order valence-electron chi connectivity index (χ3n) is 3.55. The summed E-state index contributed by atoms with van der Waals surface area (Å²) in [6.07, 6.45) is 2.67. The van der Waals surface area contributed by atoms with Gasteiger partial charge in [-0.15, -0.1) is 5.10 Å². The van der Waals surface area contributed by atoms with Gasteiger partial charge >= 0.3 is 0 Å². The molecule has 6 heteroatoms. The Labute approximate surface area is 138 Å². The Hall–Kier alpha value is -2.21. The highest BCUT2D eigenvalue weighted by atomic mass is 15.3. The number of hydrogen-bond donors (Lipinski definition) is 2. The molecule has 0 saturated heterocycles. The number of benzene rings is 1. The Morgan fingerprint density at radius 3 is 2.43 bits per heavy atom. The summed E-state index contributed by atoms with van der Waals surface area (Å²) in [7, 11) is 4.13. The normalized spacial score (nSPS) is 10.9. The molecule has 0 amide bonds. The van der Waals surface area contributed by atoms with Crippen LogP contribution in [-0.4, -0.2) is 47.3 Å². The monoisotopic (exact) mass is 314 g/mol. The molecular weight excluding hydrogens is 288 g/mol. The van der Waals surface area contributed by atoms with Crippen LogP contribution in [0.5, 0.6) is 0 Å². The molecule has 0 radical (unpaired) electrons. The average Bonchev–Trinajstić information content (AvgIpc) is 2.48. The van der Waals surface area contributed by atoms with Crippen molar-refractivity contribution in [1.29, 1.82) is 0 Å². The molecular formula is C17H26N6. The van der Waals surface area contributed by atoms with E-state index in [0.29, 0.717) is 11.8 Å². The fourth-order valence-corrected chi connectivity index (χ4v) is 2.54. The molecule has 0 atom stereocenters. The van der Waals surface area contributed by atoms with Gasteiger partial charge in [-0.2, -0.15) is 10.1 Å². The zero-order chi connectivity index (χ0) is 16.8. The van der Waals surface area contributed by atoms with E-state index in [1.807, 2.05) is 0 Å². The first kappa shape index (κ1) is 17.1. The highest BCUT2D eigenvalue weighted by molar-refractivity contribution is 5.65. The Balaban J connectivity index is 2.03. The minimum Gasteiger partial charge on any atom is -0.353 e. The van der Waals surface area contributed by atoms with Crippen LogP contribution in [0.2, 0.25) is 0 Å². The first-order valence-electron chi connectivity index (χ1n) is 7.89. The van der Waals surface area contributed by atoms with Gasteiger partial charge in [-0.1, -0.05) is 17.7 Å². The molecule has 0 saturated carbocycles. The van der Waals surface area contributed by atoms with Gasteiger partial charge in [0.2, 0.25) is 5.95 Å². The van der Waals surface area contributed by atoms with Crippen LogP contribution >= 0.6 is 0 Å². The predicted molar refractivity (Wildman–Crippen MR) is 95.4 cm³/mol. The van der Waals surface area contributed by atoms with E-state index in [-0.39, 0.29) is 0 Å². The smallest absolute Gasteiger partial charge is 0.244 e. The van der Waals surface area contributed by atoms with Crippen molar-refractivity contribution < 1.29 is 0 Å². The maximum Gasteiger partial charge on any atom is 0.244 e. The molecule has 2 N–H and O–H groups in total. The van der Waals surface area contributed by atoms with E-state index in [0.717, 1.165) is 25.2 Å². The number of rotatable bonds is 7. The number of anilines is 3. The lowest BCUT2D eigenvalue weighted by atomic mass is 10.1. The molecule has 1 aromatic carbocycles. The summed E-state index contributed by atoms with van der Waals surface area (Å²) in [6, 6.07) is 4.31. The fraction of sp³-hybridized carbons (Fsp3) is 0.471. The second-order valence-electron chi connectivity index (χ2n) is 6.15. The van der Waals surface area contributed by atoms with E-state index in [2.05, 4.69) is 77.7 Å². The standard InChI is InChI=1S/C17H26N6/c1-12-9-13(2)16(14(3)10-12)20-15-11-19-22-17(21-15)18-7-6-8-23(4)5/h9-11H,6-8H2,1-5H3,(H2,18,20,21,22). The Bertz CT molecular complexity index is 630. The second kappa shape index (κ2) is 7.87. The van der Waals surface area contributed by atoms with Gasteiger partial charge in [-0.3, -0.25) is 0 Å². The van der Waals surface area contributed by atoms with Crippen molar-refractivity contribution in [1.82, 2.24) is 20.1 Å². The fourth-order valence-electron chi connectivity index (χ4n) is 2.54. The Kier molecular flexibility index (Phi) is 5.87. The molecule has 1 heterocycles. The maximum absolute atomic E-state index is 4.48. The van der Waals surface area contributed by atoms with E-state index in [9.17, 15) is 0 Å². The topological polar surface area (TPSA) is 66.0 Å². The van der Waals surface area contributed by atoms with Crippen LogP contribution in [0, 0.1) is 20.8 Å². The minimum absolute atomic E-state index is 0.552. The molecule has 2 rings (SSSR count). The van der Waals surface area contributed by atoms with Crippen molar-refractivity contribution >= 4 is 17.5 Å². The summed E-state index contributed by atoms with van der Waals surface area (Å²) in [5.74, 6) is 1.25. The summed E-state index contributed by atoms with van der Waals surface area (Å²) in [5, 5.41) is 14.6. The van der Waals surface area contributed by atoms with Crippen molar-refractivity contribution in [3.8, 4) is 0 Å². The van der Waals surface area contributed by atoms with Crippen molar-refractivity contribution in [2.24, 2.45) is 0 Å². The number of nitrogens with zero attached hydrogens (tertiary/aromatic N) is 4. The molecule has 0 unspecified atom stereocenters. The number of aromatic nitrogens is 3. The van der Waals surface area contributed by atoms with Crippen LogP contribution in [0.4, 0.5) is 17.5 Å². The van der Waals surface area contributed by atoms with Crippen molar-refractivity contribution in [2.75, 3.05) is 37.8 Å².